The summed E-state index contributed by atoms with van der Waals surface area (Å²) in [5, 5.41) is 22.8. The van der Waals surface area contributed by atoms with Crippen molar-refractivity contribution in [2.75, 3.05) is 17.6 Å². The minimum Gasteiger partial charge on any atom is -0.388 e. The van der Waals surface area contributed by atoms with Gasteiger partial charge < -0.3 is 21.5 Å². The van der Waals surface area contributed by atoms with Gasteiger partial charge in [-0.2, -0.15) is 5.10 Å². The number of nitrogens with zero attached hydrogens (tertiary/aromatic N) is 5. The largest absolute Gasteiger partial charge is 0.388 e. The number of pyridine rings is 3. The van der Waals surface area contributed by atoms with Gasteiger partial charge in [0.05, 0.1) is 11.8 Å². The number of nitrogens with one attached hydrogen (secondary N) is 2. The number of aliphatic hydroxyl groups excluding tert-OH is 1. The van der Waals surface area contributed by atoms with Crippen LogP contribution in [0.1, 0.15) is 41.5 Å². The molecule has 10 nitrogen and oxygen atoms in total. The van der Waals surface area contributed by atoms with Gasteiger partial charge in [-0.1, -0.05) is 0 Å². The summed E-state index contributed by atoms with van der Waals surface area (Å²) in [5.41, 5.74) is 11.7. The highest BCUT2D eigenvalue weighted by atomic mass is 16.3. The van der Waals surface area contributed by atoms with Gasteiger partial charge in [0.15, 0.2) is 5.82 Å². The van der Waals surface area contributed by atoms with Crippen LogP contribution >= 0.6 is 0 Å². The van der Waals surface area contributed by atoms with Gasteiger partial charge in [0.25, 0.3) is 0 Å². The molecule has 178 valence electrons. The van der Waals surface area contributed by atoms with Crippen molar-refractivity contribution >= 4 is 34.1 Å². The molecular formula is C25H26N8O2. The van der Waals surface area contributed by atoms with Crippen LogP contribution < -0.4 is 16.4 Å². The van der Waals surface area contributed by atoms with Crippen LogP contribution in [0, 0.1) is 6.92 Å². The summed E-state index contributed by atoms with van der Waals surface area (Å²) in [7, 11) is 0. The summed E-state index contributed by atoms with van der Waals surface area (Å²) < 4.78 is 1.71. The maximum absolute atomic E-state index is 11.8. The lowest BCUT2D eigenvalue weighted by Crippen LogP contribution is -2.25. The zero-order chi connectivity index (χ0) is 24.1. The van der Waals surface area contributed by atoms with Crippen LogP contribution in [0.15, 0.2) is 30.6 Å². The Morgan fingerprint density at radius 3 is 2.94 bits per heavy atom. The Labute approximate surface area is 201 Å². The van der Waals surface area contributed by atoms with Gasteiger partial charge in [0, 0.05) is 59.3 Å². The molecule has 1 aliphatic carbocycles. The number of aromatic nitrogens is 5. The number of hydrogen-bond donors (Lipinski definition) is 4. The first-order chi connectivity index (χ1) is 17.0. The van der Waals surface area contributed by atoms with Crippen molar-refractivity contribution in [1.82, 2.24) is 30.0 Å². The fraction of sp³-hybridized carbons (Fsp3) is 0.320. The summed E-state index contributed by atoms with van der Waals surface area (Å²) in [6, 6.07) is 5.81. The maximum Gasteiger partial charge on any atom is 0.241 e. The molecule has 0 saturated heterocycles. The fourth-order valence-corrected chi connectivity index (χ4v) is 5.07. The molecule has 2 aliphatic rings. The number of aryl methyl sites for hydroxylation is 1. The number of nitrogens with two attached hydrogens (primary N) is 1. The van der Waals surface area contributed by atoms with E-state index in [1.807, 2.05) is 31.3 Å². The van der Waals surface area contributed by atoms with E-state index in [2.05, 4.69) is 30.7 Å². The third-order valence-corrected chi connectivity index (χ3v) is 6.83. The molecule has 0 radical (unpaired) electrons. The van der Waals surface area contributed by atoms with Crippen LogP contribution in [-0.2, 0) is 24.2 Å². The lowest BCUT2D eigenvalue weighted by molar-refractivity contribution is -0.121. The molecule has 5 heterocycles. The van der Waals surface area contributed by atoms with Gasteiger partial charge in [0.2, 0.25) is 5.91 Å². The fourth-order valence-electron chi connectivity index (χ4n) is 5.07. The van der Waals surface area contributed by atoms with E-state index < -0.39 is 6.10 Å². The Kier molecular flexibility index (Phi) is 5.10. The Hall–Kier alpha value is -4.05. The van der Waals surface area contributed by atoms with Gasteiger partial charge in [-0.25, -0.2) is 9.97 Å². The molecule has 1 aliphatic heterocycles. The van der Waals surface area contributed by atoms with Gasteiger partial charge in [-0.05, 0) is 49.3 Å². The maximum atomic E-state index is 11.8. The average molecular weight is 471 g/mol. The van der Waals surface area contributed by atoms with Crippen molar-refractivity contribution in [3.8, 4) is 11.3 Å². The van der Waals surface area contributed by atoms with Crippen LogP contribution in [0.25, 0.3) is 22.0 Å². The quantitative estimate of drug-likeness (QED) is 0.358. The first kappa shape index (κ1) is 21.5. The van der Waals surface area contributed by atoms with Crippen molar-refractivity contribution < 1.29 is 9.90 Å². The highest BCUT2D eigenvalue weighted by Crippen LogP contribution is 2.36. The third-order valence-electron chi connectivity index (χ3n) is 6.83. The molecule has 10 heteroatoms. The first-order valence-corrected chi connectivity index (χ1v) is 11.8. The number of nitrogen functional groups attached to an aromatic ring is 1. The Morgan fingerprint density at radius 2 is 2.06 bits per heavy atom. The minimum atomic E-state index is -0.500. The molecule has 0 spiro atoms. The van der Waals surface area contributed by atoms with E-state index in [1.54, 1.807) is 10.9 Å². The molecule has 0 fully saturated rings. The van der Waals surface area contributed by atoms with E-state index in [4.69, 9.17) is 5.73 Å². The second kappa shape index (κ2) is 8.31. The van der Waals surface area contributed by atoms with Crippen LogP contribution in [0.5, 0.6) is 0 Å². The summed E-state index contributed by atoms with van der Waals surface area (Å²) in [5.74, 6) is 1.58. The molecule has 1 atom stereocenters. The van der Waals surface area contributed by atoms with Crippen molar-refractivity contribution in [2.24, 2.45) is 0 Å². The van der Waals surface area contributed by atoms with Gasteiger partial charge in [-0.15, -0.1) is 0 Å². The minimum absolute atomic E-state index is 0.0442. The summed E-state index contributed by atoms with van der Waals surface area (Å²) in [4.78, 5) is 25.6. The molecule has 0 bridgehead atoms. The van der Waals surface area contributed by atoms with Crippen molar-refractivity contribution in [2.45, 2.75) is 45.3 Å². The molecule has 0 saturated carbocycles. The number of fused-ring (bicyclic) bond motifs is 3. The van der Waals surface area contributed by atoms with Gasteiger partial charge in [0.1, 0.15) is 18.2 Å². The second-order valence-electron chi connectivity index (χ2n) is 9.15. The van der Waals surface area contributed by atoms with Crippen LogP contribution in [0.2, 0.25) is 0 Å². The highest BCUT2D eigenvalue weighted by Gasteiger charge is 2.24. The summed E-state index contributed by atoms with van der Waals surface area (Å²) in [6.45, 7) is 2.81. The molecular weight excluding hydrogens is 444 g/mol. The smallest absolute Gasteiger partial charge is 0.241 e. The predicted molar refractivity (Wildman–Crippen MR) is 132 cm³/mol. The molecule has 35 heavy (non-hydrogen) atoms. The number of aliphatic hydroxyl groups is 1. The van der Waals surface area contributed by atoms with Crippen LogP contribution in [-0.4, -0.2) is 42.3 Å². The zero-order valence-electron chi connectivity index (χ0n) is 19.4. The Bertz CT molecular complexity index is 1480. The van der Waals surface area contributed by atoms with E-state index in [0.29, 0.717) is 29.7 Å². The summed E-state index contributed by atoms with van der Waals surface area (Å²) >= 11 is 0. The second-order valence-corrected chi connectivity index (χ2v) is 9.15. The van der Waals surface area contributed by atoms with E-state index >= 15 is 0 Å². The molecule has 4 aromatic rings. The average Bonchev–Trinajstić information content (AvgIpc) is 3.10. The number of carbonyl (C=O) groups is 1. The van der Waals surface area contributed by atoms with Crippen molar-refractivity contribution in [3.05, 3.63) is 53.1 Å². The van der Waals surface area contributed by atoms with Crippen molar-refractivity contribution in [1.29, 1.82) is 0 Å². The third kappa shape index (κ3) is 3.85. The zero-order valence-corrected chi connectivity index (χ0v) is 19.4. The number of rotatable bonds is 3. The number of amides is 1. The van der Waals surface area contributed by atoms with E-state index in [1.165, 1.54) is 0 Å². The van der Waals surface area contributed by atoms with Gasteiger partial charge in [-0.3, -0.25) is 14.5 Å². The predicted octanol–water partition coefficient (Wildman–Crippen LogP) is 2.56. The number of carbonyl (C=O) groups excluding carboxylic acids is 1. The molecule has 1 amide bonds. The lowest BCUT2D eigenvalue weighted by atomic mass is 9.88. The molecule has 6 rings (SSSR count). The number of anilines is 3. The topological polar surface area (TPSA) is 144 Å². The molecule has 0 aromatic carbocycles. The molecule has 4 aromatic heterocycles. The van der Waals surface area contributed by atoms with E-state index in [-0.39, 0.29) is 12.5 Å². The van der Waals surface area contributed by atoms with Crippen LogP contribution in [0.4, 0.5) is 17.5 Å². The normalized spacial score (nSPS) is 17.4. The van der Waals surface area contributed by atoms with Gasteiger partial charge >= 0.3 is 0 Å². The monoisotopic (exact) mass is 470 g/mol. The first-order valence-electron chi connectivity index (χ1n) is 11.8. The standard InChI is InChI=1S/C25H26N8O2/c1-13-16(10-28-18-3-2-4-20(34)24(13)18)19-7-14-8-21(29-11-17(14)25(26)30-19)31-22-9-15-5-6-27-23(35)12-33(15)32-22/h7-11,20,34H,2-6,12H2,1H3,(H2,26,30)(H,27,35)(H,29,31,32)/t20-/m0/s1. The van der Waals surface area contributed by atoms with Crippen molar-refractivity contribution in [3.63, 3.8) is 0 Å². The van der Waals surface area contributed by atoms with Crippen LogP contribution in [0.3, 0.4) is 0 Å². The highest BCUT2D eigenvalue weighted by molar-refractivity contribution is 5.95. The SMILES string of the molecule is Cc1c(-c2cc3cc(Nc4cc5n(n4)CC(=O)NCC5)ncc3c(N)n2)cnc2c1[C@@H](O)CCC2. The van der Waals surface area contributed by atoms with E-state index in [0.717, 1.165) is 64.5 Å². The number of hydrogen-bond acceptors (Lipinski definition) is 8. The molecule has 5 N–H and O–H groups in total. The molecule has 0 unspecified atom stereocenters. The Morgan fingerprint density at radius 1 is 1.17 bits per heavy atom. The summed E-state index contributed by atoms with van der Waals surface area (Å²) in [6.07, 6.45) is 6.31. The Balaban J connectivity index is 1.36. The van der Waals surface area contributed by atoms with E-state index in [9.17, 15) is 9.90 Å². The lowest BCUT2D eigenvalue weighted by Gasteiger charge is -2.24.